The number of amides is 1. The van der Waals surface area contributed by atoms with E-state index in [1.54, 1.807) is 12.4 Å². The van der Waals surface area contributed by atoms with Crippen LogP contribution >= 0.6 is 11.6 Å². The van der Waals surface area contributed by atoms with Crippen molar-refractivity contribution in [3.8, 4) is 5.82 Å². The van der Waals surface area contributed by atoms with Gasteiger partial charge in [0.05, 0.1) is 10.9 Å². The largest absolute Gasteiger partial charge is 0.354 e. The number of carbonyl (C=O) groups is 1. The second kappa shape index (κ2) is 7.89. The summed E-state index contributed by atoms with van der Waals surface area (Å²) >= 11 is 5.78. The number of benzene rings is 1. The number of hydrogen-bond donors (Lipinski definition) is 1. The van der Waals surface area contributed by atoms with Crippen LogP contribution in [0.25, 0.3) is 5.82 Å². The first-order valence-electron chi connectivity index (χ1n) is 8.80. The molecule has 1 fully saturated rings. The van der Waals surface area contributed by atoms with Crippen molar-refractivity contribution >= 4 is 29.0 Å². The van der Waals surface area contributed by atoms with Gasteiger partial charge in [0.25, 0.3) is 0 Å². The molecule has 1 saturated heterocycles. The van der Waals surface area contributed by atoms with Gasteiger partial charge in [-0.2, -0.15) is 5.10 Å². The van der Waals surface area contributed by atoms with Gasteiger partial charge in [0, 0.05) is 18.8 Å². The minimum absolute atomic E-state index is 0.0224. The van der Waals surface area contributed by atoms with Gasteiger partial charge in [-0.3, -0.25) is 4.79 Å². The lowest BCUT2D eigenvalue weighted by molar-refractivity contribution is -0.120. The average Bonchev–Trinajstić information content (AvgIpc) is 3.26. The lowest BCUT2D eigenvalue weighted by Gasteiger charge is -2.32. The number of nitrogens with one attached hydrogen (secondary N) is 1. The second-order valence-corrected chi connectivity index (χ2v) is 6.90. The van der Waals surface area contributed by atoms with E-state index in [0.717, 1.165) is 19.4 Å². The molecule has 10 heteroatoms. The zero-order valence-corrected chi connectivity index (χ0v) is 15.6. The SMILES string of the molecule is O=C(Nc1ccc(F)c(Cl)c1)C1CCCN(c2ccc(-n3cncn3)nn2)C1. The van der Waals surface area contributed by atoms with Crippen molar-refractivity contribution in [2.45, 2.75) is 12.8 Å². The van der Waals surface area contributed by atoms with E-state index >= 15 is 0 Å². The summed E-state index contributed by atoms with van der Waals surface area (Å²) in [5.41, 5.74) is 0.477. The maximum absolute atomic E-state index is 13.3. The van der Waals surface area contributed by atoms with E-state index in [1.165, 1.54) is 29.2 Å². The summed E-state index contributed by atoms with van der Waals surface area (Å²) < 4.78 is 14.8. The number of rotatable bonds is 4. The van der Waals surface area contributed by atoms with Crippen molar-refractivity contribution in [2.75, 3.05) is 23.3 Å². The Morgan fingerprint density at radius 3 is 2.75 bits per heavy atom. The third-order valence-corrected chi connectivity index (χ3v) is 4.88. The topological polar surface area (TPSA) is 88.8 Å². The standard InChI is InChI=1S/C18H17ClFN7O/c19-14-8-13(3-4-15(14)20)23-18(28)12-2-1-7-26(9-12)16-5-6-17(25-24-16)27-11-21-10-22-27/h3-6,8,10-12H,1-2,7,9H2,(H,23,28). The molecule has 1 aromatic carbocycles. The average molecular weight is 402 g/mol. The Bertz CT molecular complexity index is 965. The number of nitrogens with zero attached hydrogens (tertiary/aromatic N) is 6. The van der Waals surface area contributed by atoms with Gasteiger partial charge in [0.2, 0.25) is 5.91 Å². The van der Waals surface area contributed by atoms with E-state index in [4.69, 9.17) is 11.6 Å². The van der Waals surface area contributed by atoms with Gasteiger partial charge in [0.15, 0.2) is 11.6 Å². The highest BCUT2D eigenvalue weighted by Gasteiger charge is 2.27. The number of anilines is 2. The minimum atomic E-state index is -0.517. The third-order valence-electron chi connectivity index (χ3n) is 4.59. The number of carbonyl (C=O) groups excluding carboxylic acids is 1. The summed E-state index contributed by atoms with van der Waals surface area (Å²) in [6, 6.07) is 7.79. The molecule has 1 aliphatic rings. The predicted molar refractivity (Wildman–Crippen MR) is 102 cm³/mol. The highest BCUT2D eigenvalue weighted by atomic mass is 35.5. The summed E-state index contributed by atoms with van der Waals surface area (Å²) in [5.74, 6) is 0.414. The van der Waals surface area contributed by atoms with Crippen molar-refractivity contribution < 1.29 is 9.18 Å². The van der Waals surface area contributed by atoms with Gasteiger partial charge in [-0.25, -0.2) is 14.1 Å². The van der Waals surface area contributed by atoms with Crippen LogP contribution < -0.4 is 10.2 Å². The minimum Gasteiger partial charge on any atom is -0.354 e. The van der Waals surface area contributed by atoms with Gasteiger partial charge in [-0.1, -0.05) is 11.6 Å². The summed E-state index contributed by atoms with van der Waals surface area (Å²) in [7, 11) is 0. The Morgan fingerprint density at radius 1 is 1.21 bits per heavy atom. The van der Waals surface area contributed by atoms with Crippen LogP contribution in [-0.2, 0) is 4.79 Å². The molecule has 0 saturated carbocycles. The maximum atomic E-state index is 13.3. The summed E-state index contributed by atoms with van der Waals surface area (Å²) in [6.07, 6.45) is 4.60. The monoisotopic (exact) mass is 401 g/mol. The van der Waals surface area contributed by atoms with E-state index in [2.05, 4.69) is 25.6 Å². The van der Waals surface area contributed by atoms with Crippen molar-refractivity contribution in [1.82, 2.24) is 25.0 Å². The Labute approximate surface area is 165 Å². The molecular weight excluding hydrogens is 385 g/mol. The zero-order chi connectivity index (χ0) is 19.5. The van der Waals surface area contributed by atoms with Crippen LogP contribution in [0.3, 0.4) is 0 Å². The first-order valence-corrected chi connectivity index (χ1v) is 9.17. The van der Waals surface area contributed by atoms with Crippen LogP contribution in [0, 0.1) is 11.7 Å². The van der Waals surface area contributed by atoms with Crippen molar-refractivity contribution in [3.05, 3.63) is 53.8 Å². The molecule has 144 valence electrons. The van der Waals surface area contributed by atoms with Crippen molar-refractivity contribution in [2.24, 2.45) is 5.92 Å². The van der Waals surface area contributed by atoms with Crippen LogP contribution in [0.4, 0.5) is 15.9 Å². The molecule has 1 amide bonds. The van der Waals surface area contributed by atoms with Crippen LogP contribution in [-0.4, -0.2) is 44.0 Å². The van der Waals surface area contributed by atoms with E-state index < -0.39 is 5.82 Å². The van der Waals surface area contributed by atoms with Gasteiger partial charge in [0.1, 0.15) is 18.5 Å². The fourth-order valence-corrected chi connectivity index (χ4v) is 3.33. The van der Waals surface area contributed by atoms with Gasteiger partial charge in [-0.15, -0.1) is 10.2 Å². The molecule has 1 N–H and O–H groups in total. The van der Waals surface area contributed by atoms with Crippen LogP contribution in [0.15, 0.2) is 43.0 Å². The number of aromatic nitrogens is 5. The molecule has 0 spiro atoms. The van der Waals surface area contributed by atoms with Crippen LogP contribution in [0.5, 0.6) is 0 Å². The lowest BCUT2D eigenvalue weighted by Crippen LogP contribution is -2.41. The number of piperidine rings is 1. The first-order chi connectivity index (χ1) is 13.6. The first kappa shape index (κ1) is 18.3. The number of halogens is 2. The second-order valence-electron chi connectivity index (χ2n) is 6.49. The molecule has 1 unspecified atom stereocenters. The predicted octanol–water partition coefficient (Wildman–Crippen LogP) is 2.70. The Morgan fingerprint density at radius 2 is 2.04 bits per heavy atom. The van der Waals surface area contributed by atoms with E-state index in [9.17, 15) is 9.18 Å². The number of hydrogen-bond acceptors (Lipinski definition) is 6. The quantitative estimate of drug-likeness (QED) is 0.723. The van der Waals surface area contributed by atoms with Crippen molar-refractivity contribution in [1.29, 1.82) is 0 Å². The third kappa shape index (κ3) is 3.94. The molecule has 0 bridgehead atoms. The molecule has 0 aliphatic carbocycles. The van der Waals surface area contributed by atoms with E-state index in [1.807, 2.05) is 11.0 Å². The van der Waals surface area contributed by atoms with Gasteiger partial charge in [-0.05, 0) is 43.2 Å². The Kier molecular flexibility index (Phi) is 5.16. The van der Waals surface area contributed by atoms with Gasteiger partial charge >= 0.3 is 0 Å². The van der Waals surface area contributed by atoms with E-state index in [-0.39, 0.29) is 16.8 Å². The summed E-state index contributed by atoms with van der Waals surface area (Å²) in [6.45, 7) is 1.32. The maximum Gasteiger partial charge on any atom is 0.229 e. The zero-order valence-electron chi connectivity index (χ0n) is 14.8. The fraction of sp³-hybridized carbons (Fsp3) is 0.278. The van der Waals surface area contributed by atoms with Gasteiger partial charge < -0.3 is 10.2 Å². The molecule has 2 aromatic heterocycles. The molecule has 1 atom stereocenters. The molecule has 3 heterocycles. The fourth-order valence-electron chi connectivity index (χ4n) is 3.15. The van der Waals surface area contributed by atoms with Crippen LogP contribution in [0.1, 0.15) is 12.8 Å². The highest BCUT2D eigenvalue weighted by molar-refractivity contribution is 6.31. The Balaban J connectivity index is 1.42. The van der Waals surface area contributed by atoms with Crippen LogP contribution in [0.2, 0.25) is 5.02 Å². The smallest absolute Gasteiger partial charge is 0.229 e. The molecule has 8 nitrogen and oxygen atoms in total. The molecule has 0 radical (unpaired) electrons. The summed E-state index contributed by atoms with van der Waals surface area (Å²) in [4.78, 5) is 18.5. The molecule has 1 aliphatic heterocycles. The molecule has 3 aromatic rings. The highest BCUT2D eigenvalue weighted by Crippen LogP contribution is 2.24. The molecule has 28 heavy (non-hydrogen) atoms. The van der Waals surface area contributed by atoms with Crippen molar-refractivity contribution in [3.63, 3.8) is 0 Å². The Hall–Kier alpha value is -3.07. The molecular formula is C18H17ClFN7O. The molecule has 4 rings (SSSR count). The lowest BCUT2D eigenvalue weighted by atomic mass is 9.97. The van der Waals surface area contributed by atoms with E-state index in [0.29, 0.717) is 23.9 Å². The summed E-state index contributed by atoms with van der Waals surface area (Å²) in [5, 5.41) is 15.2. The normalized spacial score (nSPS) is 16.8.